The number of nitrogens with zero attached hydrogens (tertiary/aromatic N) is 2. The van der Waals surface area contributed by atoms with E-state index in [1.54, 1.807) is 18.0 Å². The second-order valence-corrected chi connectivity index (χ2v) is 10.5. The lowest BCUT2D eigenvalue weighted by molar-refractivity contribution is -0.0595. The fourth-order valence-electron chi connectivity index (χ4n) is 4.39. The number of pyridine rings is 1. The van der Waals surface area contributed by atoms with Crippen LogP contribution in [-0.4, -0.2) is 28.6 Å². The summed E-state index contributed by atoms with van der Waals surface area (Å²) in [6, 6.07) is 22.5. The largest absolute Gasteiger partial charge is 0.510 e. The maximum atomic E-state index is 13.3. The Balaban J connectivity index is 1.93. The van der Waals surface area contributed by atoms with E-state index in [4.69, 9.17) is 21.3 Å². The lowest BCUT2D eigenvalue weighted by Gasteiger charge is -2.30. The number of aliphatic hydroxyl groups is 1. The summed E-state index contributed by atoms with van der Waals surface area (Å²) < 4.78 is 6.29. The van der Waals surface area contributed by atoms with Crippen molar-refractivity contribution in [2.24, 2.45) is 0 Å². The SMILES string of the molecule is C=C(O)[C@@H](OC(C)(C)C)c1c(C)cc2nc(C(=O)N(C)c3ccccc3)ccc2c1-c1ccc(Cl)cc1. The van der Waals surface area contributed by atoms with Crippen LogP contribution >= 0.6 is 11.6 Å². The van der Waals surface area contributed by atoms with Gasteiger partial charge in [-0.15, -0.1) is 0 Å². The molecule has 190 valence electrons. The Bertz CT molecular complexity index is 1460. The molecule has 0 saturated heterocycles. The van der Waals surface area contributed by atoms with Gasteiger partial charge in [0.15, 0.2) is 0 Å². The molecule has 3 aromatic carbocycles. The third kappa shape index (κ3) is 5.68. The summed E-state index contributed by atoms with van der Waals surface area (Å²) >= 11 is 6.19. The van der Waals surface area contributed by atoms with E-state index in [1.165, 1.54) is 0 Å². The average Bonchev–Trinajstić information content (AvgIpc) is 2.86. The Hall–Kier alpha value is -3.67. The number of hydrogen-bond acceptors (Lipinski definition) is 4. The first-order chi connectivity index (χ1) is 17.5. The number of aryl methyl sites for hydroxylation is 1. The molecule has 0 saturated carbocycles. The number of ether oxygens (including phenoxy) is 1. The molecule has 37 heavy (non-hydrogen) atoms. The van der Waals surface area contributed by atoms with Crippen molar-refractivity contribution in [1.82, 2.24) is 4.98 Å². The molecule has 0 fully saturated rings. The molecule has 0 radical (unpaired) electrons. The van der Waals surface area contributed by atoms with Crippen molar-refractivity contribution >= 4 is 34.1 Å². The molecule has 1 atom stereocenters. The second kappa shape index (κ2) is 10.4. The Morgan fingerprint density at radius 3 is 2.30 bits per heavy atom. The number of carbonyl (C=O) groups excluding carboxylic acids is 1. The number of anilines is 1. The van der Waals surface area contributed by atoms with E-state index < -0.39 is 11.7 Å². The summed E-state index contributed by atoms with van der Waals surface area (Å²) in [7, 11) is 1.73. The second-order valence-electron chi connectivity index (χ2n) is 10.1. The normalized spacial score (nSPS) is 12.4. The number of hydrogen-bond donors (Lipinski definition) is 1. The zero-order valence-electron chi connectivity index (χ0n) is 21.7. The maximum absolute atomic E-state index is 13.3. The number of halogens is 1. The molecule has 0 aliphatic rings. The van der Waals surface area contributed by atoms with Gasteiger partial charge in [0, 0.05) is 23.1 Å². The lowest BCUT2D eigenvalue weighted by atomic mass is 9.88. The maximum Gasteiger partial charge on any atom is 0.276 e. The first-order valence-corrected chi connectivity index (χ1v) is 12.4. The standard InChI is InChI=1S/C31H31ClN2O3/c1-19-18-26-24(16-17-25(33-26)30(36)34(6)23-10-8-7-9-11-23)28(21-12-14-22(32)15-13-21)27(19)29(20(2)35)37-31(3,4)5/h7-18,29,35H,2H2,1,3-6H3/t29-/m1/s1. The van der Waals surface area contributed by atoms with E-state index in [-0.39, 0.29) is 11.7 Å². The van der Waals surface area contributed by atoms with E-state index in [2.05, 4.69) is 6.58 Å². The van der Waals surface area contributed by atoms with E-state index in [9.17, 15) is 9.90 Å². The van der Waals surface area contributed by atoms with Gasteiger partial charge in [-0.05, 0) is 92.4 Å². The molecule has 6 heteroatoms. The average molecular weight is 515 g/mol. The van der Waals surface area contributed by atoms with Crippen LogP contribution in [-0.2, 0) is 4.74 Å². The van der Waals surface area contributed by atoms with Crippen molar-refractivity contribution in [3.8, 4) is 11.1 Å². The van der Waals surface area contributed by atoms with Crippen LogP contribution in [0.2, 0.25) is 5.02 Å². The first-order valence-electron chi connectivity index (χ1n) is 12.0. The predicted molar refractivity (Wildman–Crippen MR) is 151 cm³/mol. The van der Waals surface area contributed by atoms with Crippen molar-refractivity contribution in [2.45, 2.75) is 39.4 Å². The van der Waals surface area contributed by atoms with E-state index >= 15 is 0 Å². The summed E-state index contributed by atoms with van der Waals surface area (Å²) in [5.74, 6) is -0.294. The minimum absolute atomic E-state index is 0.0863. The molecule has 4 aromatic rings. The molecule has 0 aliphatic carbocycles. The van der Waals surface area contributed by atoms with Crippen molar-refractivity contribution < 1.29 is 14.6 Å². The number of amides is 1. The molecule has 1 amide bonds. The van der Waals surface area contributed by atoms with Crippen LogP contribution in [0.5, 0.6) is 0 Å². The third-order valence-corrected chi connectivity index (χ3v) is 6.33. The number of aromatic nitrogens is 1. The third-order valence-electron chi connectivity index (χ3n) is 6.08. The zero-order chi connectivity index (χ0) is 26.9. The monoisotopic (exact) mass is 514 g/mol. The molecule has 1 aromatic heterocycles. The summed E-state index contributed by atoms with van der Waals surface area (Å²) in [5, 5.41) is 12.1. The van der Waals surface area contributed by atoms with Gasteiger partial charge < -0.3 is 14.7 Å². The quantitative estimate of drug-likeness (QED) is 0.264. The highest BCUT2D eigenvalue weighted by Crippen LogP contribution is 2.42. The highest BCUT2D eigenvalue weighted by atomic mass is 35.5. The zero-order valence-corrected chi connectivity index (χ0v) is 22.5. The number of fused-ring (bicyclic) bond motifs is 1. The van der Waals surface area contributed by atoms with Crippen molar-refractivity contribution in [3.63, 3.8) is 0 Å². The molecule has 0 bridgehead atoms. The van der Waals surface area contributed by atoms with Crippen LogP contribution in [0.25, 0.3) is 22.0 Å². The van der Waals surface area contributed by atoms with Crippen LogP contribution in [0, 0.1) is 6.92 Å². The lowest BCUT2D eigenvalue weighted by Crippen LogP contribution is -2.27. The van der Waals surface area contributed by atoms with Gasteiger partial charge in [0.2, 0.25) is 0 Å². The number of rotatable bonds is 6. The smallest absolute Gasteiger partial charge is 0.276 e. The van der Waals surface area contributed by atoms with Gasteiger partial charge in [0.25, 0.3) is 5.91 Å². The minimum Gasteiger partial charge on any atom is -0.510 e. The van der Waals surface area contributed by atoms with Gasteiger partial charge in [-0.1, -0.05) is 48.5 Å². The summed E-state index contributed by atoms with van der Waals surface area (Å²) in [6.45, 7) is 11.6. The van der Waals surface area contributed by atoms with Gasteiger partial charge >= 0.3 is 0 Å². The van der Waals surface area contributed by atoms with Crippen LogP contribution in [0.15, 0.2) is 85.1 Å². The van der Waals surface area contributed by atoms with Gasteiger partial charge in [-0.25, -0.2) is 4.98 Å². The van der Waals surface area contributed by atoms with Gasteiger partial charge in [-0.2, -0.15) is 0 Å². The van der Waals surface area contributed by atoms with Gasteiger partial charge in [0.05, 0.1) is 11.1 Å². The number of carbonyl (C=O) groups is 1. The van der Waals surface area contributed by atoms with Crippen LogP contribution in [0.3, 0.4) is 0 Å². The molecule has 0 spiro atoms. The van der Waals surface area contributed by atoms with Crippen molar-refractivity contribution in [3.05, 3.63) is 107 Å². The van der Waals surface area contributed by atoms with E-state index in [1.807, 2.05) is 94.4 Å². The Morgan fingerprint density at radius 2 is 1.70 bits per heavy atom. The number of aliphatic hydroxyl groups excluding tert-OH is 1. The minimum atomic E-state index is -0.763. The highest BCUT2D eigenvalue weighted by molar-refractivity contribution is 6.30. The van der Waals surface area contributed by atoms with E-state index in [0.717, 1.165) is 33.3 Å². The van der Waals surface area contributed by atoms with Crippen molar-refractivity contribution in [2.75, 3.05) is 11.9 Å². The summed E-state index contributed by atoms with van der Waals surface area (Å²) in [6.07, 6.45) is -0.763. The Morgan fingerprint density at radius 1 is 1.05 bits per heavy atom. The first kappa shape index (κ1) is 26.4. The van der Waals surface area contributed by atoms with Crippen molar-refractivity contribution in [1.29, 1.82) is 0 Å². The molecular formula is C31H31ClN2O3. The van der Waals surface area contributed by atoms with E-state index in [0.29, 0.717) is 16.2 Å². The fraction of sp³-hybridized carbons (Fsp3) is 0.226. The van der Waals surface area contributed by atoms with Crippen LogP contribution < -0.4 is 4.90 Å². The summed E-state index contributed by atoms with van der Waals surface area (Å²) in [4.78, 5) is 19.6. The van der Waals surface area contributed by atoms with Crippen LogP contribution in [0.4, 0.5) is 5.69 Å². The molecule has 5 nitrogen and oxygen atoms in total. The number of benzene rings is 3. The highest BCUT2D eigenvalue weighted by Gasteiger charge is 2.29. The molecule has 1 N–H and O–H groups in total. The topological polar surface area (TPSA) is 62.7 Å². The number of para-hydroxylation sites is 1. The predicted octanol–water partition coefficient (Wildman–Crippen LogP) is 8.07. The Labute approximate surface area is 223 Å². The van der Waals surface area contributed by atoms with Gasteiger partial charge in [-0.3, -0.25) is 4.79 Å². The Kier molecular flexibility index (Phi) is 7.39. The van der Waals surface area contributed by atoms with Crippen LogP contribution in [0.1, 0.15) is 48.5 Å². The fourth-order valence-corrected chi connectivity index (χ4v) is 4.52. The van der Waals surface area contributed by atoms with Gasteiger partial charge in [0.1, 0.15) is 17.6 Å². The molecule has 4 rings (SSSR count). The molecule has 1 heterocycles. The molecule has 0 aliphatic heterocycles. The molecular weight excluding hydrogens is 484 g/mol. The summed E-state index contributed by atoms with van der Waals surface area (Å²) in [5.41, 5.74) is 4.63. The molecule has 0 unspecified atom stereocenters.